The normalized spacial score (nSPS) is 22.9. The van der Waals surface area contributed by atoms with E-state index in [0.29, 0.717) is 16.6 Å². The van der Waals surface area contributed by atoms with Crippen LogP contribution >= 0.6 is 15.9 Å². The molecule has 3 N–H and O–H groups in total. The number of anilines is 1. The number of rotatable bonds is 2. The molecule has 0 radical (unpaired) electrons. The minimum atomic E-state index is -0.487. The highest BCUT2D eigenvalue weighted by Gasteiger charge is 2.24. The Balaban J connectivity index is 1.91. The molecule has 104 valence electrons. The van der Waals surface area contributed by atoms with Crippen molar-refractivity contribution in [2.24, 2.45) is 0 Å². The molecule has 0 aromatic heterocycles. The zero-order valence-corrected chi connectivity index (χ0v) is 11.9. The molecule has 19 heavy (non-hydrogen) atoms. The number of aliphatic hydroxyl groups is 1. The first-order chi connectivity index (χ1) is 9.06. The predicted molar refractivity (Wildman–Crippen MR) is 74.5 cm³/mol. The molecule has 2 atom stereocenters. The number of nitrogens with one attached hydrogen (secondary N) is 2. The number of aliphatic hydroxyl groups excluding tert-OH is 1. The van der Waals surface area contributed by atoms with Gasteiger partial charge in [-0.3, -0.25) is 0 Å². The van der Waals surface area contributed by atoms with Gasteiger partial charge in [0.1, 0.15) is 5.82 Å². The molecular formula is C13H16BrFN2O2. The largest absolute Gasteiger partial charge is 0.391 e. The van der Waals surface area contributed by atoms with Crippen molar-refractivity contribution >= 4 is 27.6 Å². The first-order valence-electron chi connectivity index (χ1n) is 6.27. The summed E-state index contributed by atoms with van der Waals surface area (Å²) in [6.45, 7) is 0. The zero-order valence-electron chi connectivity index (χ0n) is 10.3. The Morgan fingerprint density at radius 3 is 2.79 bits per heavy atom. The molecule has 0 heterocycles. The number of hydrogen-bond acceptors (Lipinski definition) is 2. The lowest BCUT2D eigenvalue weighted by atomic mass is 9.93. The fraction of sp³-hybridized carbons (Fsp3) is 0.462. The third-order valence-electron chi connectivity index (χ3n) is 3.22. The van der Waals surface area contributed by atoms with Gasteiger partial charge in [-0.15, -0.1) is 0 Å². The van der Waals surface area contributed by atoms with Crippen molar-refractivity contribution in [1.29, 1.82) is 0 Å². The molecule has 0 saturated heterocycles. The van der Waals surface area contributed by atoms with E-state index in [-0.39, 0.29) is 17.9 Å². The van der Waals surface area contributed by atoms with Gasteiger partial charge >= 0.3 is 6.03 Å². The molecule has 4 nitrogen and oxygen atoms in total. The van der Waals surface area contributed by atoms with Crippen LogP contribution in [0.1, 0.15) is 25.7 Å². The topological polar surface area (TPSA) is 61.4 Å². The third-order valence-corrected chi connectivity index (χ3v) is 3.83. The molecule has 0 bridgehead atoms. The number of benzene rings is 1. The molecule has 1 aliphatic rings. The summed E-state index contributed by atoms with van der Waals surface area (Å²) >= 11 is 3.06. The molecule has 2 unspecified atom stereocenters. The van der Waals surface area contributed by atoms with E-state index >= 15 is 0 Å². The van der Waals surface area contributed by atoms with Crippen molar-refractivity contribution in [3.63, 3.8) is 0 Å². The Kier molecular flexibility index (Phi) is 4.76. The first-order valence-corrected chi connectivity index (χ1v) is 7.06. The standard InChI is InChI=1S/C13H16BrFN2O2/c14-9-7-8(5-6-10(9)15)16-13(19)17-11-3-1-2-4-12(11)18/h5-7,11-12,18H,1-4H2,(H2,16,17,19). The Morgan fingerprint density at radius 2 is 2.11 bits per heavy atom. The van der Waals surface area contributed by atoms with Crippen LogP contribution in [0, 0.1) is 5.82 Å². The predicted octanol–water partition coefficient (Wildman–Crippen LogP) is 3.01. The summed E-state index contributed by atoms with van der Waals surface area (Å²) < 4.78 is 13.3. The van der Waals surface area contributed by atoms with E-state index in [2.05, 4.69) is 26.6 Å². The van der Waals surface area contributed by atoms with Gasteiger partial charge < -0.3 is 15.7 Å². The lowest BCUT2D eigenvalue weighted by Crippen LogP contribution is -2.46. The van der Waals surface area contributed by atoms with Crippen LogP contribution in [0.4, 0.5) is 14.9 Å². The summed E-state index contributed by atoms with van der Waals surface area (Å²) in [4.78, 5) is 11.8. The lowest BCUT2D eigenvalue weighted by Gasteiger charge is -2.28. The van der Waals surface area contributed by atoms with Crippen LogP contribution in [0.15, 0.2) is 22.7 Å². The molecule has 1 aromatic carbocycles. The third kappa shape index (κ3) is 3.91. The fourth-order valence-electron chi connectivity index (χ4n) is 2.19. The van der Waals surface area contributed by atoms with Crippen LogP contribution in [0.5, 0.6) is 0 Å². The average Bonchev–Trinajstić information content (AvgIpc) is 2.37. The molecule has 1 aromatic rings. The van der Waals surface area contributed by atoms with E-state index in [4.69, 9.17) is 0 Å². The summed E-state index contributed by atoms with van der Waals surface area (Å²) in [6, 6.07) is 3.65. The highest BCUT2D eigenvalue weighted by atomic mass is 79.9. The number of carbonyl (C=O) groups is 1. The van der Waals surface area contributed by atoms with E-state index in [0.717, 1.165) is 19.3 Å². The van der Waals surface area contributed by atoms with Crippen LogP contribution in [-0.2, 0) is 0 Å². The van der Waals surface area contributed by atoms with Gasteiger partial charge in [0.25, 0.3) is 0 Å². The van der Waals surface area contributed by atoms with E-state index < -0.39 is 6.10 Å². The molecule has 0 aliphatic heterocycles. The Bertz CT molecular complexity index is 470. The van der Waals surface area contributed by atoms with Gasteiger partial charge in [0.2, 0.25) is 0 Å². The minimum absolute atomic E-state index is 0.211. The van der Waals surface area contributed by atoms with Crippen LogP contribution in [-0.4, -0.2) is 23.3 Å². The highest BCUT2D eigenvalue weighted by Crippen LogP contribution is 2.21. The molecule has 6 heteroatoms. The number of hydrogen-bond donors (Lipinski definition) is 3. The molecule has 1 saturated carbocycles. The molecule has 2 rings (SSSR count). The second-order valence-corrected chi connectivity index (χ2v) is 5.54. The summed E-state index contributed by atoms with van der Waals surface area (Å²) in [7, 11) is 0. The first kappa shape index (κ1) is 14.3. The summed E-state index contributed by atoms with van der Waals surface area (Å²) in [5.41, 5.74) is 0.496. The quantitative estimate of drug-likeness (QED) is 0.780. The van der Waals surface area contributed by atoms with Crippen molar-refractivity contribution in [2.45, 2.75) is 37.8 Å². The van der Waals surface area contributed by atoms with Gasteiger partial charge in [-0.2, -0.15) is 0 Å². The van der Waals surface area contributed by atoms with Gasteiger partial charge in [0.05, 0.1) is 16.6 Å². The van der Waals surface area contributed by atoms with Gasteiger partial charge in [-0.1, -0.05) is 12.8 Å². The second kappa shape index (κ2) is 6.34. The maximum atomic E-state index is 13.1. The van der Waals surface area contributed by atoms with Crippen LogP contribution in [0.3, 0.4) is 0 Å². The molecule has 0 spiro atoms. The molecular weight excluding hydrogens is 315 g/mol. The molecule has 1 aliphatic carbocycles. The monoisotopic (exact) mass is 330 g/mol. The summed E-state index contributed by atoms with van der Waals surface area (Å²) in [6.07, 6.45) is 3.00. The van der Waals surface area contributed by atoms with E-state index in [1.807, 2.05) is 0 Å². The Labute approximate surface area is 119 Å². The summed E-state index contributed by atoms with van der Waals surface area (Å²) in [5.74, 6) is -0.381. The Morgan fingerprint density at radius 1 is 1.37 bits per heavy atom. The number of urea groups is 1. The maximum absolute atomic E-state index is 13.1. The van der Waals surface area contributed by atoms with Gasteiger partial charge in [0.15, 0.2) is 0 Å². The highest BCUT2D eigenvalue weighted by molar-refractivity contribution is 9.10. The zero-order chi connectivity index (χ0) is 13.8. The van der Waals surface area contributed by atoms with Crippen LogP contribution < -0.4 is 10.6 Å². The van der Waals surface area contributed by atoms with Crippen molar-refractivity contribution in [3.8, 4) is 0 Å². The average molecular weight is 331 g/mol. The SMILES string of the molecule is O=C(Nc1ccc(F)c(Br)c1)NC1CCCCC1O. The van der Waals surface area contributed by atoms with Crippen LogP contribution in [0.2, 0.25) is 0 Å². The van der Waals surface area contributed by atoms with Gasteiger partial charge in [0, 0.05) is 5.69 Å². The number of carbonyl (C=O) groups excluding carboxylic acids is 1. The fourth-order valence-corrected chi connectivity index (χ4v) is 2.57. The maximum Gasteiger partial charge on any atom is 0.319 e. The number of halogens is 2. The Hall–Kier alpha value is -1.14. The van der Waals surface area contributed by atoms with E-state index in [1.54, 1.807) is 0 Å². The number of amides is 2. The van der Waals surface area contributed by atoms with E-state index in [1.165, 1.54) is 18.2 Å². The van der Waals surface area contributed by atoms with Crippen molar-refractivity contribution < 1.29 is 14.3 Å². The molecule has 2 amide bonds. The summed E-state index contributed by atoms with van der Waals surface area (Å²) in [5, 5.41) is 15.1. The van der Waals surface area contributed by atoms with E-state index in [9.17, 15) is 14.3 Å². The van der Waals surface area contributed by atoms with Crippen molar-refractivity contribution in [2.75, 3.05) is 5.32 Å². The second-order valence-electron chi connectivity index (χ2n) is 4.69. The van der Waals surface area contributed by atoms with Gasteiger partial charge in [-0.05, 0) is 47.0 Å². The van der Waals surface area contributed by atoms with Crippen molar-refractivity contribution in [3.05, 3.63) is 28.5 Å². The van der Waals surface area contributed by atoms with Crippen molar-refractivity contribution in [1.82, 2.24) is 5.32 Å². The lowest BCUT2D eigenvalue weighted by molar-refractivity contribution is 0.0955. The molecule has 1 fully saturated rings. The van der Waals surface area contributed by atoms with Crippen LogP contribution in [0.25, 0.3) is 0 Å². The van der Waals surface area contributed by atoms with Gasteiger partial charge in [-0.25, -0.2) is 9.18 Å². The minimum Gasteiger partial charge on any atom is -0.391 e. The smallest absolute Gasteiger partial charge is 0.319 e.